The van der Waals surface area contributed by atoms with E-state index < -0.39 is 0 Å². The molecule has 1 aromatic carbocycles. The van der Waals surface area contributed by atoms with Gasteiger partial charge in [-0.15, -0.1) is 0 Å². The molecule has 17 heavy (non-hydrogen) atoms. The van der Waals surface area contributed by atoms with Crippen LogP contribution in [0.3, 0.4) is 0 Å². The fraction of sp³-hybridized carbons (Fsp3) is 0.538. The third kappa shape index (κ3) is 5.41. The Morgan fingerprint density at radius 3 is 2.82 bits per heavy atom. The van der Waals surface area contributed by atoms with Crippen molar-refractivity contribution in [3.63, 3.8) is 0 Å². The summed E-state index contributed by atoms with van der Waals surface area (Å²) in [5, 5.41) is 3.31. The van der Waals surface area contributed by atoms with E-state index in [4.69, 9.17) is 9.47 Å². The van der Waals surface area contributed by atoms with Crippen LogP contribution < -0.4 is 10.1 Å². The highest BCUT2D eigenvalue weighted by Crippen LogP contribution is 2.26. The van der Waals surface area contributed by atoms with Crippen molar-refractivity contribution >= 4 is 21.6 Å². The fourth-order valence-electron chi connectivity index (χ4n) is 1.37. The van der Waals surface area contributed by atoms with Gasteiger partial charge in [0.2, 0.25) is 0 Å². The van der Waals surface area contributed by atoms with E-state index in [0.717, 1.165) is 42.1 Å². The highest BCUT2D eigenvalue weighted by atomic mass is 79.9. The predicted octanol–water partition coefficient (Wildman–Crippen LogP) is 3.69. The molecule has 0 heterocycles. The van der Waals surface area contributed by atoms with Crippen LogP contribution in [0.25, 0.3) is 0 Å². The minimum atomic E-state index is 0.726. The molecule has 0 saturated carbocycles. The van der Waals surface area contributed by atoms with Gasteiger partial charge in [0.15, 0.2) is 0 Å². The summed E-state index contributed by atoms with van der Waals surface area (Å²) in [7, 11) is 1.67. The van der Waals surface area contributed by atoms with Crippen molar-refractivity contribution in [3.8, 4) is 5.75 Å². The minimum Gasteiger partial charge on any atom is -0.497 e. The van der Waals surface area contributed by atoms with Crippen molar-refractivity contribution in [1.29, 1.82) is 0 Å². The molecule has 0 amide bonds. The minimum absolute atomic E-state index is 0.726. The average molecular weight is 302 g/mol. The Labute approximate surface area is 112 Å². The van der Waals surface area contributed by atoms with Gasteiger partial charge in [-0.2, -0.15) is 0 Å². The van der Waals surface area contributed by atoms with Gasteiger partial charge in [-0.1, -0.05) is 13.3 Å². The molecule has 0 atom stereocenters. The van der Waals surface area contributed by atoms with Gasteiger partial charge in [-0.05, 0) is 34.5 Å². The summed E-state index contributed by atoms with van der Waals surface area (Å²) in [5.74, 6) is 0.850. The number of benzene rings is 1. The lowest BCUT2D eigenvalue weighted by molar-refractivity contribution is 0.141. The molecule has 0 unspecified atom stereocenters. The van der Waals surface area contributed by atoms with Gasteiger partial charge in [0, 0.05) is 23.7 Å². The van der Waals surface area contributed by atoms with Crippen molar-refractivity contribution < 1.29 is 9.47 Å². The quantitative estimate of drug-likeness (QED) is 0.743. The van der Waals surface area contributed by atoms with E-state index in [1.54, 1.807) is 7.11 Å². The molecule has 1 rings (SSSR count). The standard InChI is InChI=1S/C13H20BrNO2/c1-3-4-8-17-9-7-15-13-10-11(16-2)5-6-12(13)14/h5-6,10,15H,3-4,7-9H2,1-2H3. The summed E-state index contributed by atoms with van der Waals surface area (Å²) in [4.78, 5) is 0. The van der Waals surface area contributed by atoms with Crippen molar-refractivity contribution in [3.05, 3.63) is 22.7 Å². The molecule has 0 aliphatic rings. The molecule has 0 aliphatic heterocycles. The number of methoxy groups -OCH3 is 1. The van der Waals surface area contributed by atoms with E-state index in [0.29, 0.717) is 0 Å². The Morgan fingerprint density at radius 2 is 2.12 bits per heavy atom. The molecule has 1 aromatic rings. The van der Waals surface area contributed by atoms with E-state index in [1.807, 2.05) is 18.2 Å². The Morgan fingerprint density at radius 1 is 1.29 bits per heavy atom. The Bertz CT molecular complexity index is 331. The monoisotopic (exact) mass is 301 g/mol. The van der Waals surface area contributed by atoms with Crippen molar-refractivity contribution in [2.24, 2.45) is 0 Å². The zero-order valence-electron chi connectivity index (χ0n) is 10.5. The zero-order valence-corrected chi connectivity index (χ0v) is 12.0. The number of hydrogen-bond donors (Lipinski definition) is 1. The van der Waals surface area contributed by atoms with E-state index in [1.165, 1.54) is 6.42 Å². The number of ether oxygens (including phenoxy) is 2. The van der Waals surface area contributed by atoms with E-state index >= 15 is 0 Å². The van der Waals surface area contributed by atoms with Gasteiger partial charge in [0.25, 0.3) is 0 Å². The van der Waals surface area contributed by atoms with Crippen molar-refractivity contribution in [2.75, 3.05) is 32.2 Å². The van der Waals surface area contributed by atoms with Crippen LogP contribution in [0.4, 0.5) is 5.69 Å². The highest BCUT2D eigenvalue weighted by Gasteiger charge is 2.01. The maximum atomic E-state index is 5.48. The van der Waals surface area contributed by atoms with Crippen LogP contribution in [0.1, 0.15) is 19.8 Å². The van der Waals surface area contributed by atoms with Gasteiger partial charge >= 0.3 is 0 Å². The smallest absolute Gasteiger partial charge is 0.121 e. The molecule has 0 radical (unpaired) electrons. The second kappa shape index (κ2) is 8.37. The van der Waals surface area contributed by atoms with Crippen molar-refractivity contribution in [1.82, 2.24) is 0 Å². The molecule has 4 heteroatoms. The topological polar surface area (TPSA) is 30.5 Å². The Hall–Kier alpha value is -0.740. The van der Waals surface area contributed by atoms with Crippen LogP contribution in [-0.2, 0) is 4.74 Å². The van der Waals surface area contributed by atoms with Gasteiger partial charge in [-0.3, -0.25) is 0 Å². The van der Waals surface area contributed by atoms with Crippen LogP contribution in [-0.4, -0.2) is 26.9 Å². The van der Waals surface area contributed by atoms with Gasteiger partial charge in [0.1, 0.15) is 5.75 Å². The molecule has 3 nitrogen and oxygen atoms in total. The maximum absolute atomic E-state index is 5.48. The number of nitrogens with one attached hydrogen (secondary N) is 1. The summed E-state index contributed by atoms with van der Waals surface area (Å²) in [6.45, 7) is 4.53. The van der Waals surface area contributed by atoms with Gasteiger partial charge in [-0.25, -0.2) is 0 Å². The molecule has 0 saturated heterocycles. The summed E-state index contributed by atoms with van der Waals surface area (Å²) in [5.41, 5.74) is 1.03. The molecule has 0 fully saturated rings. The van der Waals surface area contributed by atoms with Gasteiger partial charge in [0.05, 0.1) is 19.4 Å². The Kier molecular flexibility index (Phi) is 7.05. The molecular formula is C13H20BrNO2. The lowest BCUT2D eigenvalue weighted by Crippen LogP contribution is -2.10. The second-order valence-electron chi connectivity index (χ2n) is 3.74. The number of rotatable bonds is 8. The lowest BCUT2D eigenvalue weighted by Gasteiger charge is -2.10. The molecule has 1 N–H and O–H groups in total. The number of halogens is 1. The second-order valence-corrected chi connectivity index (χ2v) is 4.59. The number of anilines is 1. The molecule has 0 spiro atoms. The molecular weight excluding hydrogens is 282 g/mol. The van der Waals surface area contributed by atoms with E-state index in [2.05, 4.69) is 28.2 Å². The summed E-state index contributed by atoms with van der Waals surface area (Å²) >= 11 is 3.49. The van der Waals surface area contributed by atoms with Crippen LogP contribution in [0, 0.1) is 0 Å². The third-order valence-electron chi connectivity index (χ3n) is 2.38. The molecule has 0 aromatic heterocycles. The predicted molar refractivity (Wildman–Crippen MR) is 74.9 cm³/mol. The Balaban J connectivity index is 2.30. The summed E-state index contributed by atoms with van der Waals surface area (Å²) in [6.07, 6.45) is 2.30. The maximum Gasteiger partial charge on any atom is 0.121 e. The van der Waals surface area contributed by atoms with Crippen LogP contribution in [0.15, 0.2) is 22.7 Å². The normalized spacial score (nSPS) is 10.3. The largest absolute Gasteiger partial charge is 0.497 e. The molecule has 96 valence electrons. The van der Waals surface area contributed by atoms with E-state index in [9.17, 15) is 0 Å². The lowest BCUT2D eigenvalue weighted by atomic mass is 10.3. The number of hydrogen-bond acceptors (Lipinski definition) is 3. The SMILES string of the molecule is CCCCOCCNc1cc(OC)ccc1Br. The zero-order chi connectivity index (χ0) is 12.5. The molecule has 0 bridgehead atoms. The molecule has 0 aliphatic carbocycles. The number of unbranched alkanes of at least 4 members (excludes halogenated alkanes) is 1. The van der Waals surface area contributed by atoms with E-state index in [-0.39, 0.29) is 0 Å². The summed E-state index contributed by atoms with van der Waals surface area (Å²) in [6, 6.07) is 5.86. The van der Waals surface area contributed by atoms with Crippen LogP contribution in [0.2, 0.25) is 0 Å². The van der Waals surface area contributed by atoms with Gasteiger partial charge < -0.3 is 14.8 Å². The first-order chi connectivity index (χ1) is 8.27. The first kappa shape index (κ1) is 14.3. The summed E-state index contributed by atoms with van der Waals surface area (Å²) < 4.78 is 11.7. The van der Waals surface area contributed by atoms with Crippen molar-refractivity contribution in [2.45, 2.75) is 19.8 Å². The fourth-order valence-corrected chi connectivity index (χ4v) is 1.76. The highest BCUT2D eigenvalue weighted by molar-refractivity contribution is 9.10. The van der Waals surface area contributed by atoms with Crippen LogP contribution >= 0.6 is 15.9 Å². The third-order valence-corrected chi connectivity index (χ3v) is 3.07. The first-order valence-electron chi connectivity index (χ1n) is 5.93. The average Bonchev–Trinajstić information content (AvgIpc) is 2.35. The first-order valence-corrected chi connectivity index (χ1v) is 6.72. The van der Waals surface area contributed by atoms with Crippen LogP contribution in [0.5, 0.6) is 5.75 Å².